The van der Waals surface area contributed by atoms with Crippen LogP contribution in [0.4, 0.5) is 17.6 Å². The topological polar surface area (TPSA) is 77.1 Å². The number of nitrogens with zero attached hydrogens (tertiary/aromatic N) is 5. The fourth-order valence-corrected chi connectivity index (χ4v) is 4.30. The Labute approximate surface area is 197 Å². The number of carbonyl (C=O) groups is 1. The van der Waals surface area contributed by atoms with Crippen LogP contribution in [0, 0.1) is 11.7 Å². The molecule has 0 saturated heterocycles. The number of aromatic nitrogens is 5. The quantitative estimate of drug-likeness (QED) is 0.426. The second-order valence-electron chi connectivity index (χ2n) is 8.52. The maximum atomic E-state index is 13.5. The van der Waals surface area contributed by atoms with E-state index in [2.05, 4.69) is 20.4 Å². The summed E-state index contributed by atoms with van der Waals surface area (Å²) in [6, 6.07) is 9.71. The van der Waals surface area contributed by atoms with Crippen LogP contribution in [0.3, 0.4) is 0 Å². The maximum absolute atomic E-state index is 13.5. The average molecular weight is 486 g/mol. The second-order valence-corrected chi connectivity index (χ2v) is 8.52. The minimum atomic E-state index is -4.24. The number of hydrogen-bond acceptors (Lipinski definition) is 4. The lowest BCUT2D eigenvalue weighted by molar-refractivity contribution is -0.179. The van der Waals surface area contributed by atoms with Gasteiger partial charge in [0.05, 0.1) is 11.6 Å². The molecule has 0 radical (unpaired) electrons. The van der Waals surface area contributed by atoms with E-state index in [-0.39, 0.29) is 31.8 Å². The Hall–Kier alpha value is -3.76. The molecule has 1 amide bonds. The smallest absolute Gasteiger partial charge is 0.347 e. The molecule has 0 aliphatic carbocycles. The van der Waals surface area contributed by atoms with Crippen molar-refractivity contribution in [3.8, 4) is 11.4 Å². The van der Waals surface area contributed by atoms with Crippen molar-refractivity contribution in [1.82, 2.24) is 29.5 Å². The third kappa shape index (κ3) is 4.50. The van der Waals surface area contributed by atoms with E-state index in [9.17, 15) is 22.4 Å². The highest BCUT2D eigenvalue weighted by molar-refractivity contribution is 5.94. The number of aryl methyl sites for hydroxylation is 2. The number of alkyl halides is 3. The minimum absolute atomic E-state index is 0.000896. The Morgan fingerprint density at radius 1 is 1.17 bits per heavy atom. The van der Waals surface area contributed by atoms with Crippen LogP contribution in [0.5, 0.6) is 0 Å². The van der Waals surface area contributed by atoms with E-state index in [1.54, 1.807) is 33.3 Å². The third-order valence-electron chi connectivity index (χ3n) is 6.21. The number of imidazole rings is 1. The molecule has 1 N–H and O–H groups in total. The summed E-state index contributed by atoms with van der Waals surface area (Å²) >= 11 is 0. The highest BCUT2D eigenvalue weighted by Gasteiger charge is 2.42. The van der Waals surface area contributed by atoms with E-state index >= 15 is 0 Å². The summed E-state index contributed by atoms with van der Waals surface area (Å²) in [6.45, 7) is 2.31. The number of rotatable bonds is 5. The molecule has 4 aromatic rings. The Morgan fingerprint density at radius 3 is 2.66 bits per heavy atom. The van der Waals surface area contributed by atoms with E-state index < -0.39 is 17.9 Å². The Balaban J connectivity index is 1.28. The van der Waals surface area contributed by atoms with Gasteiger partial charge in [-0.1, -0.05) is 31.2 Å². The number of halogens is 4. The lowest BCUT2D eigenvalue weighted by Gasteiger charge is -2.24. The van der Waals surface area contributed by atoms with Crippen molar-refractivity contribution in [2.45, 2.75) is 45.5 Å². The molecule has 4 heterocycles. The van der Waals surface area contributed by atoms with Crippen molar-refractivity contribution in [3.05, 3.63) is 71.2 Å². The number of fused-ring (bicyclic) bond motifs is 2. The zero-order valence-corrected chi connectivity index (χ0v) is 18.8. The first kappa shape index (κ1) is 23.0. The largest absolute Gasteiger partial charge is 0.392 e. The molecule has 182 valence electrons. The molecule has 7 nitrogen and oxygen atoms in total. The number of amides is 1. The molecule has 1 unspecified atom stereocenters. The molecular weight excluding hydrogens is 464 g/mol. The molecule has 5 rings (SSSR count). The molecule has 35 heavy (non-hydrogen) atoms. The van der Waals surface area contributed by atoms with Gasteiger partial charge in [-0.15, -0.1) is 0 Å². The fraction of sp³-hybridized carbons (Fsp3) is 0.333. The van der Waals surface area contributed by atoms with Gasteiger partial charge in [-0.3, -0.25) is 9.20 Å². The van der Waals surface area contributed by atoms with Gasteiger partial charge in [0.25, 0.3) is 5.91 Å². The molecule has 3 aromatic heterocycles. The standard InChI is InChI=1S/C24H22F4N6O/c1-2-18-21(33-9-8-17(25)12-19(33)30-18)23(35)29-13-14-3-5-15(6-4-14)22-31-20-11-16(24(26,27)28)7-10-34(20)32-22/h3-6,8-9,12,16H,2,7,10-11,13H2,1H3,(H,29,35). The molecule has 1 atom stereocenters. The number of pyridine rings is 1. The lowest BCUT2D eigenvalue weighted by atomic mass is 9.98. The van der Waals surface area contributed by atoms with Crippen LogP contribution in [0.1, 0.15) is 40.9 Å². The number of hydrogen-bond donors (Lipinski definition) is 1. The average Bonchev–Trinajstić information content (AvgIpc) is 3.42. The van der Waals surface area contributed by atoms with E-state index in [1.807, 2.05) is 6.92 Å². The van der Waals surface area contributed by atoms with Crippen molar-refractivity contribution < 1.29 is 22.4 Å². The molecule has 1 aromatic carbocycles. The minimum Gasteiger partial charge on any atom is -0.347 e. The van der Waals surface area contributed by atoms with Crippen LogP contribution in [-0.4, -0.2) is 36.2 Å². The monoisotopic (exact) mass is 486 g/mol. The molecule has 11 heteroatoms. The molecule has 0 spiro atoms. The first-order chi connectivity index (χ1) is 16.7. The summed E-state index contributed by atoms with van der Waals surface area (Å²) in [5.74, 6) is -1.43. The highest BCUT2D eigenvalue weighted by atomic mass is 19.4. The zero-order chi connectivity index (χ0) is 24.7. The van der Waals surface area contributed by atoms with Gasteiger partial charge in [0.2, 0.25) is 0 Å². The predicted molar refractivity (Wildman–Crippen MR) is 119 cm³/mol. The van der Waals surface area contributed by atoms with Crippen LogP contribution in [0.15, 0.2) is 42.6 Å². The van der Waals surface area contributed by atoms with Gasteiger partial charge in [0, 0.05) is 37.3 Å². The summed E-state index contributed by atoms with van der Waals surface area (Å²) in [4.78, 5) is 21.6. The number of nitrogens with one attached hydrogen (secondary N) is 1. The van der Waals surface area contributed by atoms with Crippen LogP contribution in [0.2, 0.25) is 0 Å². The van der Waals surface area contributed by atoms with E-state index in [4.69, 9.17) is 0 Å². The van der Waals surface area contributed by atoms with Crippen LogP contribution < -0.4 is 5.32 Å². The predicted octanol–water partition coefficient (Wildman–Crippen LogP) is 4.35. The van der Waals surface area contributed by atoms with Gasteiger partial charge in [-0.2, -0.15) is 18.3 Å². The van der Waals surface area contributed by atoms with Gasteiger partial charge in [-0.05, 0) is 24.5 Å². The maximum Gasteiger partial charge on any atom is 0.392 e. The Kier molecular flexibility index (Phi) is 5.78. The first-order valence-electron chi connectivity index (χ1n) is 11.3. The van der Waals surface area contributed by atoms with Gasteiger partial charge in [0.1, 0.15) is 23.0 Å². The highest BCUT2D eigenvalue weighted by Crippen LogP contribution is 2.34. The molecule has 1 aliphatic rings. The Bertz CT molecular complexity index is 1390. The Morgan fingerprint density at radius 2 is 1.94 bits per heavy atom. The molecule has 0 fully saturated rings. The van der Waals surface area contributed by atoms with Crippen molar-refractivity contribution in [2.24, 2.45) is 5.92 Å². The van der Waals surface area contributed by atoms with Gasteiger partial charge < -0.3 is 5.32 Å². The van der Waals surface area contributed by atoms with Crippen LogP contribution in [-0.2, 0) is 25.9 Å². The van der Waals surface area contributed by atoms with Gasteiger partial charge in [-0.25, -0.2) is 19.0 Å². The summed E-state index contributed by atoms with van der Waals surface area (Å²) in [5, 5.41) is 7.23. The lowest BCUT2D eigenvalue weighted by Crippen LogP contribution is -2.31. The molecular formula is C24H22F4N6O. The summed E-state index contributed by atoms with van der Waals surface area (Å²) in [5.41, 5.74) is 2.81. The summed E-state index contributed by atoms with van der Waals surface area (Å²) in [6.07, 6.45) is -2.41. The molecule has 1 aliphatic heterocycles. The zero-order valence-electron chi connectivity index (χ0n) is 18.8. The van der Waals surface area contributed by atoms with Crippen molar-refractivity contribution in [2.75, 3.05) is 0 Å². The third-order valence-corrected chi connectivity index (χ3v) is 6.21. The number of benzene rings is 1. The summed E-state index contributed by atoms with van der Waals surface area (Å²) < 4.78 is 55.8. The fourth-order valence-electron chi connectivity index (χ4n) is 4.30. The van der Waals surface area contributed by atoms with E-state index in [1.165, 1.54) is 18.3 Å². The molecule has 0 saturated carbocycles. The second kappa shape index (κ2) is 8.79. The summed E-state index contributed by atoms with van der Waals surface area (Å²) in [7, 11) is 0. The van der Waals surface area contributed by atoms with Crippen molar-refractivity contribution >= 4 is 11.6 Å². The van der Waals surface area contributed by atoms with Crippen LogP contribution in [0.25, 0.3) is 17.0 Å². The molecule has 0 bridgehead atoms. The van der Waals surface area contributed by atoms with Gasteiger partial charge >= 0.3 is 6.18 Å². The number of carbonyl (C=O) groups excluding carboxylic acids is 1. The van der Waals surface area contributed by atoms with E-state index in [0.29, 0.717) is 40.7 Å². The van der Waals surface area contributed by atoms with Crippen LogP contribution >= 0.6 is 0 Å². The SMILES string of the molecule is CCc1nc2cc(F)ccn2c1C(=O)NCc1ccc(-c2nc3n(n2)CCC(C(F)(F)F)C3)cc1. The van der Waals surface area contributed by atoms with E-state index in [0.717, 1.165) is 5.56 Å². The van der Waals surface area contributed by atoms with Gasteiger partial charge in [0.15, 0.2) is 5.82 Å². The van der Waals surface area contributed by atoms with Crippen molar-refractivity contribution in [3.63, 3.8) is 0 Å². The normalized spacial score (nSPS) is 15.9. The first-order valence-corrected chi connectivity index (χ1v) is 11.3. The van der Waals surface area contributed by atoms with Crippen molar-refractivity contribution in [1.29, 1.82) is 0 Å².